The van der Waals surface area contributed by atoms with Crippen molar-refractivity contribution in [1.29, 1.82) is 0 Å². The van der Waals surface area contributed by atoms with E-state index in [1.165, 1.54) is 11.8 Å². The van der Waals surface area contributed by atoms with Gasteiger partial charge in [0.05, 0.1) is 15.6 Å². The lowest BCUT2D eigenvalue weighted by molar-refractivity contribution is -0.140. The molecule has 0 fully saturated rings. The minimum Gasteiger partial charge on any atom is -0.294 e. The van der Waals surface area contributed by atoms with Crippen LogP contribution in [0.1, 0.15) is 53.2 Å². The molecular weight excluding hydrogens is 540 g/mol. The number of carbonyl (C=O) groups is 1. The molecule has 35 heavy (non-hydrogen) atoms. The molecule has 0 saturated heterocycles. The lowest BCUT2D eigenvalue weighted by Crippen LogP contribution is -2.19. The van der Waals surface area contributed by atoms with Crippen LogP contribution in [-0.2, 0) is 6.18 Å². The highest BCUT2D eigenvalue weighted by molar-refractivity contribution is 7.99. The van der Waals surface area contributed by atoms with Gasteiger partial charge in [-0.05, 0) is 47.3 Å². The molecule has 0 saturated carbocycles. The molecule has 0 N–H and O–H groups in total. The Hall–Kier alpha value is -1.71. The number of carbonyl (C=O) groups excluding carboxylic acids is 1. The van der Waals surface area contributed by atoms with Gasteiger partial charge in [0, 0.05) is 17.5 Å². The average Bonchev–Trinajstić information content (AvgIpc) is 2.76. The molecule has 2 atom stereocenters. The summed E-state index contributed by atoms with van der Waals surface area (Å²) in [7, 11) is 0. The molecule has 1 unspecified atom stereocenters. The van der Waals surface area contributed by atoms with Crippen LogP contribution >= 0.6 is 35.0 Å². The fourth-order valence-corrected chi connectivity index (χ4v) is 4.37. The molecule has 0 amide bonds. The van der Waals surface area contributed by atoms with E-state index in [4.69, 9.17) is 23.2 Å². The second-order valence-corrected chi connectivity index (χ2v) is 9.99. The predicted octanol–water partition coefficient (Wildman–Crippen LogP) is 9.63. The van der Waals surface area contributed by atoms with Gasteiger partial charge >= 0.3 is 12.4 Å². The van der Waals surface area contributed by atoms with E-state index in [1.54, 1.807) is 6.92 Å². The second-order valence-electron chi connectivity index (χ2n) is 7.86. The van der Waals surface area contributed by atoms with E-state index in [0.717, 1.165) is 36.1 Å². The zero-order valence-corrected chi connectivity index (χ0v) is 20.9. The smallest absolute Gasteiger partial charge is 0.294 e. The number of hydrogen-bond donors (Lipinski definition) is 0. The number of benzene rings is 2. The van der Waals surface area contributed by atoms with Crippen molar-refractivity contribution in [2.75, 3.05) is 11.5 Å². The predicted molar refractivity (Wildman–Crippen MR) is 127 cm³/mol. The average molecular weight is 561 g/mol. The van der Waals surface area contributed by atoms with Crippen LogP contribution in [0.2, 0.25) is 10.0 Å². The van der Waals surface area contributed by atoms with Crippen LogP contribution in [0.25, 0.3) is 5.83 Å². The van der Waals surface area contributed by atoms with E-state index in [2.05, 4.69) is 0 Å². The molecule has 0 heterocycles. The van der Waals surface area contributed by atoms with E-state index in [-0.39, 0.29) is 28.5 Å². The third-order valence-electron chi connectivity index (χ3n) is 5.01. The molecule has 192 valence electrons. The summed E-state index contributed by atoms with van der Waals surface area (Å²) >= 11 is 13.0. The zero-order chi connectivity index (χ0) is 26.6. The Morgan fingerprint density at radius 2 is 1.69 bits per heavy atom. The Labute approximate surface area is 212 Å². The van der Waals surface area contributed by atoms with Crippen LogP contribution in [0.3, 0.4) is 0 Å². The van der Waals surface area contributed by atoms with Crippen molar-refractivity contribution < 1.29 is 35.5 Å². The summed E-state index contributed by atoms with van der Waals surface area (Å²) in [6.07, 6.45) is -9.97. The van der Waals surface area contributed by atoms with Crippen molar-refractivity contribution >= 4 is 46.6 Å². The summed E-state index contributed by atoms with van der Waals surface area (Å²) in [5, 5.41) is -0.209. The number of Topliss-reactive ketones (excluding diaryl/α,β-unsaturated/α-hetero) is 1. The van der Waals surface area contributed by atoms with Crippen molar-refractivity contribution in [3.05, 3.63) is 74.8 Å². The zero-order valence-electron chi connectivity index (χ0n) is 18.5. The molecule has 2 aromatic rings. The summed E-state index contributed by atoms with van der Waals surface area (Å²) in [5.74, 6) is -3.63. The molecule has 2 rings (SSSR count). The Balaban J connectivity index is 2.48. The lowest BCUT2D eigenvalue weighted by Gasteiger charge is -2.19. The van der Waals surface area contributed by atoms with Gasteiger partial charge in [-0.3, -0.25) is 4.79 Å². The molecule has 0 aromatic heterocycles. The number of thioether (sulfide) groups is 1. The SMILES string of the molecule is CCSC[C@@H](C)CC(=O)c1ccc(/C(F)=C/C(c2ccc(Cl)c(Cl)c2)C(F)(F)F)cc1C(F)(F)F. The van der Waals surface area contributed by atoms with Crippen molar-refractivity contribution in [2.45, 2.75) is 38.5 Å². The Kier molecular flexibility index (Phi) is 10.1. The molecule has 0 aliphatic heterocycles. The van der Waals surface area contributed by atoms with Crippen LogP contribution < -0.4 is 0 Å². The highest BCUT2D eigenvalue weighted by Gasteiger charge is 2.40. The van der Waals surface area contributed by atoms with Crippen molar-refractivity contribution in [1.82, 2.24) is 0 Å². The summed E-state index contributed by atoms with van der Waals surface area (Å²) in [5.41, 5.74) is -3.24. The molecule has 2 aromatic carbocycles. The highest BCUT2D eigenvalue weighted by Crippen LogP contribution is 2.41. The quantitative estimate of drug-likeness (QED) is 0.224. The first-order chi connectivity index (χ1) is 16.1. The van der Waals surface area contributed by atoms with Crippen LogP contribution in [-0.4, -0.2) is 23.5 Å². The summed E-state index contributed by atoms with van der Waals surface area (Å²) < 4.78 is 96.9. The maximum atomic E-state index is 14.9. The Morgan fingerprint density at radius 3 is 2.23 bits per heavy atom. The Bertz CT molecular complexity index is 1080. The van der Waals surface area contributed by atoms with Gasteiger partial charge in [0.15, 0.2) is 5.78 Å². The number of rotatable bonds is 9. The number of halogens is 9. The van der Waals surface area contributed by atoms with E-state index in [0.29, 0.717) is 11.8 Å². The standard InChI is InChI=1S/C24H21Cl2F7OS/c1-3-35-12-13(2)8-22(34)16-6-4-15(9-18(16)24(31,32)33)21(27)11-17(23(28,29)30)14-5-7-19(25)20(26)10-14/h4-7,9-11,13,17H,3,8,12H2,1-2H3/b21-11-/t13-,17?/m0/s1. The maximum Gasteiger partial charge on any atom is 0.417 e. The summed E-state index contributed by atoms with van der Waals surface area (Å²) in [6.45, 7) is 3.64. The molecule has 0 aliphatic carbocycles. The van der Waals surface area contributed by atoms with Gasteiger partial charge in [-0.2, -0.15) is 38.1 Å². The fourth-order valence-electron chi connectivity index (χ4n) is 3.30. The van der Waals surface area contributed by atoms with E-state index in [1.807, 2.05) is 6.92 Å². The van der Waals surface area contributed by atoms with Crippen LogP contribution in [0.4, 0.5) is 30.7 Å². The normalized spacial score (nSPS) is 14.7. The van der Waals surface area contributed by atoms with Gasteiger partial charge in [0.1, 0.15) is 11.7 Å². The minimum atomic E-state index is -5.02. The summed E-state index contributed by atoms with van der Waals surface area (Å²) in [6, 6.07) is 5.03. The molecule has 0 spiro atoms. The van der Waals surface area contributed by atoms with Gasteiger partial charge in [0.25, 0.3) is 0 Å². The van der Waals surface area contributed by atoms with Crippen molar-refractivity contribution in [3.8, 4) is 0 Å². The lowest BCUT2D eigenvalue weighted by atomic mass is 9.93. The maximum absolute atomic E-state index is 14.9. The van der Waals surface area contributed by atoms with Gasteiger partial charge in [0.2, 0.25) is 0 Å². The molecule has 0 bridgehead atoms. The topological polar surface area (TPSA) is 17.1 Å². The highest BCUT2D eigenvalue weighted by atomic mass is 35.5. The largest absolute Gasteiger partial charge is 0.417 e. The second kappa shape index (κ2) is 12.0. The van der Waals surface area contributed by atoms with Crippen LogP contribution in [0, 0.1) is 5.92 Å². The minimum absolute atomic E-state index is 0.0153. The molecule has 1 nitrogen and oxygen atoms in total. The molecule has 11 heteroatoms. The molecule has 0 radical (unpaired) electrons. The van der Waals surface area contributed by atoms with Gasteiger partial charge in [-0.15, -0.1) is 0 Å². The van der Waals surface area contributed by atoms with Gasteiger partial charge < -0.3 is 0 Å². The number of hydrogen-bond acceptors (Lipinski definition) is 2. The van der Waals surface area contributed by atoms with E-state index >= 15 is 0 Å². The monoisotopic (exact) mass is 560 g/mol. The molecular formula is C24H21Cl2F7OS. The number of ketones is 1. The van der Waals surface area contributed by atoms with E-state index < -0.39 is 52.1 Å². The number of alkyl halides is 6. The Morgan fingerprint density at radius 1 is 1.03 bits per heavy atom. The van der Waals surface area contributed by atoms with Gasteiger partial charge in [-0.25, -0.2) is 4.39 Å². The third kappa shape index (κ3) is 8.15. The first-order valence-electron chi connectivity index (χ1n) is 10.4. The fraction of sp³-hybridized carbons (Fsp3) is 0.375. The third-order valence-corrected chi connectivity index (χ3v) is 6.96. The van der Waals surface area contributed by atoms with Gasteiger partial charge in [-0.1, -0.05) is 55.2 Å². The van der Waals surface area contributed by atoms with Crippen molar-refractivity contribution in [3.63, 3.8) is 0 Å². The molecule has 0 aliphatic rings. The first-order valence-corrected chi connectivity index (χ1v) is 12.3. The first kappa shape index (κ1) is 29.5. The van der Waals surface area contributed by atoms with Crippen LogP contribution in [0.5, 0.6) is 0 Å². The summed E-state index contributed by atoms with van der Waals surface area (Å²) in [4.78, 5) is 12.5. The van der Waals surface area contributed by atoms with Crippen molar-refractivity contribution in [2.24, 2.45) is 5.92 Å². The van der Waals surface area contributed by atoms with Crippen LogP contribution in [0.15, 0.2) is 42.5 Å². The number of allylic oxidation sites excluding steroid dienone is 1. The van der Waals surface area contributed by atoms with E-state index in [9.17, 15) is 35.5 Å².